The molecule has 2 heterocycles. The summed E-state index contributed by atoms with van der Waals surface area (Å²) in [5, 5.41) is 4.61. The summed E-state index contributed by atoms with van der Waals surface area (Å²) in [6.45, 7) is 6.22. The van der Waals surface area contributed by atoms with Crippen molar-refractivity contribution < 1.29 is 0 Å². The minimum absolute atomic E-state index is 0.333. The largest absolute Gasteiger partial charge is 0.298 e. The highest BCUT2D eigenvalue weighted by Gasteiger charge is 2.17. The number of aryl methyl sites for hydroxylation is 1. The number of rotatable bonds is 3. The number of alkyl halides is 1. The number of hydrogen-bond donors (Lipinski definition) is 0. The van der Waals surface area contributed by atoms with E-state index in [4.69, 9.17) is 11.6 Å². The lowest BCUT2D eigenvalue weighted by molar-refractivity contribution is 0.224. The lowest BCUT2D eigenvalue weighted by atomic mass is 10.1. The molecule has 0 saturated carbocycles. The van der Waals surface area contributed by atoms with E-state index in [1.165, 1.54) is 18.5 Å². The molecule has 0 aliphatic carbocycles. The van der Waals surface area contributed by atoms with Crippen LogP contribution in [0, 0.1) is 0 Å². The summed E-state index contributed by atoms with van der Waals surface area (Å²) in [5.41, 5.74) is 1.29. The van der Waals surface area contributed by atoms with Gasteiger partial charge in [0.15, 0.2) is 0 Å². The van der Waals surface area contributed by atoms with Gasteiger partial charge in [-0.3, -0.25) is 9.58 Å². The molecule has 0 amide bonds. The average Bonchev–Trinajstić information content (AvgIpc) is 2.65. The lowest BCUT2D eigenvalue weighted by Crippen LogP contribution is -2.35. The molecule has 1 atom stereocenters. The Hall–Kier alpha value is -0.540. The zero-order valence-electron chi connectivity index (χ0n) is 9.19. The molecule has 4 heteroatoms. The monoisotopic (exact) mass is 227 g/mol. The van der Waals surface area contributed by atoms with Crippen LogP contribution < -0.4 is 0 Å². The Morgan fingerprint density at radius 1 is 1.60 bits per heavy atom. The minimum Gasteiger partial charge on any atom is -0.298 e. The highest BCUT2D eigenvalue weighted by Crippen LogP contribution is 2.17. The van der Waals surface area contributed by atoms with Gasteiger partial charge in [-0.05, 0) is 26.3 Å². The van der Waals surface area contributed by atoms with Crippen LogP contribution in [-0.2, 0) is 13.1 Å². The van der Waals surface area contributed by atoms with Gasteiger partial charge in [-0.2, -0.15) is 5.10 Å². The van der Waals surface area contributed by atoms with Crippen LogP contribution in [0.1, 0.15) is 25.3 Å². The zero-order chi connectivity index (χ0) is 10.7. The molecule has 0 radical (unpaired) electrons. The first-order chi connectivity index (χ1) is 7.28. The predicted molar refractivity (Wildman–Crippen MR) is 62.1 cm³/mol. The maximum absolute atomic E-state index is 6.15. The van der Waals surface area contributed by atoms with Crippen molar-refractivity contribution in [1.29, 1.82) is 0 Å². The molecule has 0 bridgehead atoms. The summed E-state index contributed by atoms with van der Waals surface area (Å²) in [7, 11) is 0. The average molecular weight is 228 g/mol. The molecule has 1 saturated heterocycles. The summed E-state index contributed by atoms with van der Waals surface area (Å²) in [6.07, 6.45) is 6.46. The number of nitrogens with zero attached hydrogens (tertiary/aromatic N) is 3. The Morgan fingerprint density at radius 3 is 3.13 bits per heavy atom. The number of hydrogen-bond acceptors (Lipinski definition) is 2. The summed E-state index contributed by atoms with van der Waals surface area (Å²) in [4.78, 5) is 2.41. The fourth-order valence-corrected chi connectivity index (χ4v) is 2.41. The first kappa shape index (κ1) is 11.0. The molecule has 3 nitrogen and oxygen atoms in total. The van der Waals surface area contributed by atoms with Crippen LogP contribution in [0.3, 0.4) is 0 Å². The van der Waals surface area contributed by atoms with Crippen LogP contribution in [0.15, 0.2) is 12.4 Å². The smallest absolute Gasteiger partial charge is 0.0534 e. The topological polar surface area (TPSA) is 21.1 Å². The van der Waals surface area contributed by atoms with Crippen molar-refractivity contribution in [3.8, 4) is 0 Å². The van der Waals surface area contributed by atoms with Gasteiger partial charge in [0.1, 0.15) is 0 Å². The third kappa shape index (κ3) is 2.95. The fourth-order valence-electron chi connectivity index (χ4n) is 2.06. The molecule has 2 rings (SSSR count). The van der Waals surface area contributed by atoms with E-state index in [-0.39, 0.29) is 0 Å². The van der Waals surface area contributed by atoms with E-state index in [0.717, 1.165) is 26.1 Å². The Morgan fingerprint density at radius 2 is 2.47 bits per heavy atom. The molecule has 0 N–H and O–H groups in total. The molecule has 15 heavy (non-hydrogen) atoms. The fraction of sp³-hybridized carbons (Fsp3) is 0.727. The number of piperidine rings is 1. The molecule has 84 valence electrons. The van der Waals surface area contributed by atoms with E-state index in [1.54, 1.807) is 0 Å². The Kier molecular flexibility index (Phi) is 3.65. The van der Waals surface area contributed by atoms with Gasteiger partial charge in [-0.25, -0.2) is 0 Å². The first-order valence-corrected chi connectivity index (χ1v) is 6.09. The van der Waals surface area contributed by atoms with E-state index in [2.05, 4.69) is 23.1 Å². The van der Waals surface area contributed by atoms with Crippen LogP contribution in [0.25, 0.3) is 0 Å². The molecule has 1 aromatic rings. The maximum atomic E-state index is 6.15. The van der Waals surface area contributed by atoms with Crippen LogP contribution in [0.5, 0.6) is 0 Å². The van der Waals surface area contributed by atoms with Crippen LogP contribution >= 0.6 is 11.6 Å². The van der Waals surface area contributed by atoms with Crippen LogP contribution in [0.2, 0.25) is 0 Å². The standard InChI is InChI=1S/C11H18ClN3/c1-2-15-8-10(6-13-15)7-14-5-3-4-11(12)9-14/h6,8,11H,2-5,7,9H2,1H3. The normalized spacial score (nSPS) is 23.2. The summed E-state index contributed by atoms with van der Waals surface area (Å²) in [6, 6.07) is 0. The molecular weight excluding hydrogens is 210 g/mol. The second kappa shape index (κ2) is 4.99. The number of aromatic nitrogens is 2. The van der Waals surface area contributed by atoms with Gasteiger partial charge in [0.2, 0.25) is 0 Å². The molecule has 1 unspecified atom stereocenters. The molecule has 0 aromatic carbocycles. The summed E-state index contributed by atoms with van der Waals surface area (Å²) < 4.78 is 1.97. The van der Waals surface area contributed by atoms with Gasteiger partial charge in [0.05, 0.1) is 6.20 Å². The van der Waals surface area contributed by atoms with Gasteiger partial charge >= 0.3 is 0 Å². The van der Waals surface area contributed by atoms with Gasteiger partial charge in [0, 0.05) is 36.8 Å². The molecule has 1 aliphatic heterocycles. The molecule has 1 aliphatic rings. The van der Waals surface area contributed by atoms with Crippen molar-refractivity contribution in [2.75, 3.05) is 13.1 Å². The first-order valence-electron chi connectivity index (χ1n) is 5.65. The van der Waals surface area contributed by atoms with Crippen molar-refractivity contribution in [3.63, 3.8) is 0 Å². The van der Waals surface area contributed by atoms with E-state index in [0.29, 0.717) is 5.38 Å². The Bertz CT molecular complexity index is 311. The van der Waals surface area contributed by atoms with E-state index in [1.807, 2.05) is 10.9 Å². The van der Waals surface area contributed by atoms with Crippen molar-refractivity contribution in [2.24, 2.45) is 0 Å². The van der Waals surface area contributed by atoms with Crippen LogP contribution in [0.4, 0.5) is 0 Å². The summed E-state index contributed by atoms with van der Waals surface area (Å²) >= 11 is 6.15. The van der Waals surface area contributed by atoms with Crippen molar-refractivity contribution in [3.05, 3.63) is 18.0 Å². The van der Waals surface area contributed by atoms with Crippen molar-refractivity contribution >= 4 is 11.6 Å². The van der Waals surface area contributed by atoms with Gasteiger partial charge in [-0.1, -0.05) is 0 Å². The zero-order valence-corrected chi connectivity index (χ0v) is 9.95. The quantitative estimate of drug-likeness (QED) is 0.738. The third-order valence-corrected chi connectivity index (χ3v) is 3.22. The van der Waals surface area contributed by atoms with Crippen molar-refractivity contribution in [2.45, 2.75) is 38.2 Å². The highest BCUT2D eigenvalue weighted by molar-refractivity contribution is 6.20. The predicted octanol–water partition coefficient (Wildman–Crippen LogP) is 2.11. The second-order valence-electron chi connectivity index (χ2n) is 4.18. The van der Waals surface area contributed by atoms with Gasteiger partial charge in [-0.15, -0.1) is 11.6 Å². The Labute approximate surface area is 96.0 Å². The maximum Gasteiger partial charge on any atom is 0.0534 e. The van der Waals surface area contributed by atoms with Gasteiger partial charge < -0.3 is 0 Å². The summed E-state index contributed by atoms with van der Waals surface area (Å²) in [5.74, 6) is 0. The second-order valence-corrected chi connectivity index (χ2v) is 4.80. The highest BCUT2D eigenvalue weighted by atomic mass is 35.5. The number of likely N-dealkylation sites (tertiary alicyclic amines) is 1. The van der Waals surface area contributed by atoms with E-state index in [9.17, 15) is 0 Å². The molecular formula is C11H18ClN3. The van der Waals surface area contributed by atoms with Crippen molar-refractivity contribution in [1.82, 2.24) is 14.7 Å². The Balaban J connectivity index is 1.90. The van der Waals surface area contributed by atoms with E-state index < -0.39 is 0 Å². The molecule has 1 fully saturated rings. The third-order valence-electron chi connectivity index (χ3n) is 2.86. The molecule has 1 aromatic heterocycles. The lowest BCUT2D eigenvalue weighted by Gasteiger charge is -2.29. The minimum atomic E-state index is 0.333. The molecule has 0 spiro atoms. The SMILES string of the molecule is CCn1cc(CN2CCCC(Cl)C2)cn1. The number of halogens is 1. The van der Waals surface area contributed by atoms with E-state index >= 15 is 0 Å². The van der Waals surface area contributed by atoms with Crippen LogP contribution in [-0.4, -0.2) is 33.1 Å². The van der Waals surface area contributed by atoms with Gasteiger partial charge in [0.25, 0.3) is 0 Å².